The second kappa shape index (κ2) is 18.4. The molecule has 0 aliphatic heterocycles. The highest BCUT2D eigenvalue weighted by Crippen LogP contribution is 2.50. The minimum Gasteiger partial charge on any atom is -0.743 e. The zero-order valence-corrected chi connectivity index (χ0v) is 31.4. The third-order valence-electron chi connectivity index (χ3n) is 7.23. The second-order valence-electron chi connectivity index (χ2n) is 11.0. The van der Waals surface area contributed by atoms with E-state index < -0.39 is 36.7 Å². The molecule has 0 saturated heterocycles. The fourth-order valence-electron chi connectivity index (χ4n) is 4.64. The van der Waals surface area contributed by atoms with Crippen molar-refractivity contribution in [3.63, 3.8) is 0 Å². The van der Waals surface area contributed by atoms with Gasteiger partial charge in [0.2, 0.25) is 0 Å². The maximum Gasteiger partial charge on any atom is 0.403 e. The highest BCUT2D eigenvalue weighted by atomic mass is 32.2. The minimum absolute atomic E-state index is 0.0146. The molecule has 55 heavy (non-hydrogen) atoms. The number of benzene rings is 6. The van der Waals surface area contributed by atoms with Crippen molar-refractivity contribution in [2.75, 3.05) is 0 Å². The molecule has 0 heterocycles. The van der Waals surface area contributed by atoms with Crippen LogP contribution in [0.3, 0.4) is 0 Å². The van der Waals surface area contributed by atoms with Crippen LogP contribution in [0.4, 0.5) is 26.3 Å². The average molecular weight is 837 g/mol. The zero-order chi connectivity index (χ0) is 40.3. The first kappa shape index (κ1) is 43.2. The van der Waals surface area contributed by atoms with Gasteiger partial charge in [0.05, 0.1) is 21.8 Å². The third-order valence-corrected chi connectivity index (χ3v) is 13.5. The summed E-state index contributed by atoms with van der Waals surface area (Å²) in [5.74, 6) is -7.21. The molecular weight excluding hydrogens is 807 g/mol. The molecule has 6 aromatic carbocycles. The maximum atomic E-state index is 12.3. The number of hydrogen-bond acceptors (Lipinski definition) is 6. The lowest BCUT2D eigenvalue weighted by Crippen LogP contribution is -2.60. The van der Waals surface area contributed by atoms with Gasteiger partial charge in [0.1, 0.15) is 0 Å². The predicted octanol–water partition coefficient (Wildman–Crippen LogP) is 9.46. The number of halogens is 6. The molecule has 0 aliphatic rings. The molecule has 0 spiro atoms. The summed E-state index contributed by atoms with van der Waals surface area (Å²) in [6.07, 6.45) is 0. The summed E-state index contributed by atoms with van der Waals surface area (Å²) in [6, 6.07) is 64.3. The SMILES string of the molecule is O=S(=O)([O-])C(F)(F)C(F)(F)C(F)(F)S(=O)(=O)[O-].c1ccc([S+](c2ccccc2)c2ccccc2)cc1.c1ccc([S+](c2ccccc2)c2ccccc2)cc1. The normalized spacial score (nSPS) is 12.3. The van der Waals surface area contributed by atoms with Crippen LogP contribution >= 0.6 is 0 Å². The van der Waals surface area contributed by atoms with Gasteiger partial charge in [-0.3, -0.25) is 0 Å². The predicted molar refractivity (Wildman–Crippen MR) is 197 cm³/mol. The minimum atomic E-state index is -7.32. The molecule has 6 nitrogen and oxygen atoms in total. The summed E-state index contributed by atoms with van der Waals surface area (Å²) in [7, 11) is -14.7. The van der Waals surface area contributed by atoms with Crippen LogP contribution in [0, 0.1) is 0 Å². The fourth-order valence-corrected chi connectivity index (χ4v) is 9.80. The Morgan fingerprint density at radius 2 is 0.473 bits per heavy atom. The van der Waals surface area contributed by atoms with E-state index in [1.807, 2.05) is 0 Å². The van der Waals surface area contributed by atoms with E-state index in [0.717, 1.165) is 0 Å². The Bertz CT molecular complexity index is 1940. The molecule has 0 unspecified atom stereocenters. The monoisotopic (exact) mass is 836 g/mol. The van der Waals surface area contributed by atoms with Crippen LogP contribution in [0.1, 0.15) is 0 Å². The van der Waals surface area contributed by atoms with Crippen molar-refractivity contribution in [3.8, 4) is 0 Å². The number of hydrogen-bond donors (Lipinski definition) is 0. The average Bonchev–Trinajstić information content (AvgIpc) is 3.17. The standard InChI is InChI=1S/2C18H15S.C3H2F6O6S2/c2*1-4-10-16(11-5-1)19(17-12-6-2-7-13-17)18-14-8-3-9-15-18;4-1(5,2(6,7)16(10,11)12)3(8,9)17(13,14)15/h2*1-15H;(H,10,11,12)(H,13,14,15)/q2*+1;/p-2. The van der Waals surface area contributed by atoms with Crippen LogP contribution in [0.15, 0.2) is 211 Å². The molecular formula is C39H30F6O6S4. The Hall–Kier alpha value is -4.58. The van der Waals surface area contributed by atoms with Gasteiger partial charge in [-0.25, -0.2) is 16.8 Å². The van der Waals surface area contributed by atoms with Crippen LogP contribution in [-0.2, 0) is 42.0 Å². The van der Waals surface area contributed by atoms with Crippen molar-refractivity contribution in [1.82, 2.24) is 0 Å². The van der Waals surface area contributed by atoms with Crippen LogP contribution in [0.25, 0.3) is 0 Å². The van der Waals surface area contributed by atoms with Crippen molar-refractivity contribution in [2.24, 2.45) is 0 Å². The summed E-state index contributed by atoms with van der Waals surface area (Å²) in [5, 5.41) is -13.9. The van der Waals surface area contributed by atoms with Crippen molar-refractivity contribution in [2.45, 2.75) is 45.8 Å². The van der Waals surface area contributed by atoms with E-state index in [-0.39, 0.29) is 21.8 Å². The molecule has 0 atom stereocenters. The zero-order valence-electron chi connectivity index (χ0n) is 28.2. The molecule has 0 aliphatic carbocycles. The molecule has 0 fully saturated rings. The highest BCUT2D eigenvalue weighted by Gasteiger charge is 2.78. The number of alkyl halides is 6. The Morgan fingerprint density at radius 1 is 0.327 bits per heavy atom. The largest absolute Gasteiger partial charge is 0.743 e. The van der Waals surface area contributed by atoms with E-state index >= 15 is 0 Å². The Labute approximate surface area is 320 Å². The summed E-state index contributed by atoms with van der Waals surface area (Å²) in [6.45, 7) is 0. The van der Waals surface area contributed by atoms with E-state index in [9.17, 15) is 52.3 Å². The molecule has 288 valence electrons. The van der Waals surface area contributed by atoms with E-state index in [1.165, 1.54) is 29.4 Å². The van der Waals surface area contributed by atoms with Crippen molar-refractivity contribution in [3.05, 3.63) is 182 Å². The molecule has 0 radical (unpaired) electrons. The molecule has 0 amide bonds. The molecule has 16 heteroatoms. The van der Waals surface area contributed by atoms with Gasteiger partial charge < -0.3 is 9.11 Å². The van der Waals surface area contributed by atoms with Gasteiger partial charge >= 0.3 is 16.4 Å². The van der Waals surface area contributed by atoms with Crippen molar-refractivity contribution < 1.29 is 52.3 Å². The quantitative estimate of drug-likeness (QED) is 0.0772. The molecule has 0 aromatic heterocycles. The van der Waals surface area contributed by atoms with E-state index in [0.29, 0.717) is 0 Å². The van der Waals surface area contributed by atoms with Crippen LogP contribution in [-0.4, -0.2) is 42.4 Å². The fraction of sp³-hybridized carbons (Fsp3) is 0.0769. The maximum absolute atomic E-state index is 12.3. The van der Waals surface area contributed by atoms with Crippen LogP contribution in [0.5, 0.6) is 0 Å². The molecule has 6 aromatic rings. The number of rotatable bonds is 10. The van der Waals surface area contributed by atoms with Gasteiger partial charge in [0, 0.05) is 0 Å². The summed E-state index contributed by atoms with van der Waals surface area (Å²) in [5.41, 5.74) is 0. The van der Waals surface area contributed by atoms with E-state index in [2.05, 4.69) is 182 Å². The van der Waals surface area contributed by atoms with Gasteiger partial charge in [-0.2, -0.15) is 26.3 Å². The van der Waals surface area contributed by atoms with Crippen LogP contribution in [0.2, 0.25) is 0 Å². The lowest BCUT2D eigenvalue weighted by atomic mass is 10.3. The Kier molecular flexibility index (Phi) is 14.4. The molecule has 0 bridgehead atoms. The van der Waals surface area contributed by atoms with Crippen molar-refractivity contribution in [1.29, 1.82) is 0 Å². The van der Waals surface area contributed by atoms with E-state index in [1.54, 1.807) is 0 Å². The third kappa shape index (κ3) is 10.4. The summed E-state index contributed by atoms with van der Waals surface area (Å²) >= 11 is 0. The van der Waals surface area contributed by atoms with Gasteiger partial charge in [-0.15, -0.1) is 0 Å². The Balaban J connectivity index is 0.000000184. The first-order valence-electron chi connectivity index (χ1n) is 15.7. The molecule has 0 N–H and O–H groups in total. The van der Waals surface area contributed by atoms with Gasteiger partial charge in [-0.1, -0.05) is 109 Å². The van der Waals surface area contributed by atoms with Crippen LogP contribution < -0.4 is 0 Å². The summed E-state index contributed by atoms with van der Waals surface area (Å²) in [4.78, 5) is 8.17. The van der Waals surface area contributed by atoms with E-state index in [4.69, 9.17) is 0 Å². The first-order chi connectivity index (χ1) is 25.9. The topological polar surface area (TPSA) is 114 Å². The lowest BCUT2D eigenvalue weighted by Gasteiger charge is -2.34. The highest BCUT2D eigenvalue weighted by molar-refractivity contribution is 7.97. The lowest BCUT2D eigenvalue weighted by molar-refractivity contribution is -0.247. The Morgan fingerprint density at radius 3 is 0.600 bits per heavy atom. The molecule has 6 rings (SSSR count). The van der Waals surface area contributed by atoms with Gasteiger partial charge in [-0.05, 0) is 72.8 Å². The smallest absolute Gasteiger partial charge is 0.403 e. The van der Waals surface area contributed by atoms with Gasteiger partial charge in [0.15, 0.2) is 49.6 Å². The first-order valence-corrected chi connectivity index (χ1v) is 21.0. The molecule has 0 saturated carbocycles. The van der Waals surface area contributed by atoms with Crippen molar-refractivity contribution >= 4 is 42.0 Å². The van der Waals surface area contributed by atoms with Gasteiger partial charge in [0.25, 0.3) is 0 Å². The second-order valence-corrected chi connectivity index (χ2v) is 17.9. The summed E-state index contributed by atoms with van der Waals surface area (Å²) < 4.78 is 131.